The number of rotatable bonds is 6. The number of nitrogens with two attached hydrogens (primary N) is 1. The molecule has 1 heterocycles. The molecular formula is C12H23N5S. The molecule has 0 aliphatic heterocycles. The Labute approximate surface area is 113 Å². The van der Waals surface area contributed by atoms with Crippen LogP contribution in [-0.2, 0) is 5.41 Å². The first-order valence-electron chi connectivity index (χ1n) is 6.06. The van der Waals surface area contributed by atoms with E-state index in [2.05, 4.69) is 47.7 Å². The third-order valence-electron chi connectivity index (χ3n) is 2.38. The lowest BCUT2D eigenvalue weighted by atomic mass is 9.96. The van der Waals surface area contributed by atoms with Gasteiger partial charge in [-0.3, -0.25) is 0 Å². The molecule has 0 amide bonds. The molecule has 0 bridgehead atoms. The van der Waals surface area contributed by atoms with Crippen molar-refractivity contribution in [2.24, 2.45) is 5.84 Å². The predicted octanol–water partition coefficient (Wildman–Crippen LogP) is 2.22. The van der Waals surface area contributed by atoms with E-state index in [4.69, 9.17) is 5.84 Å². The topological polar surface area (TPSA) is 75.9 Å². The first-order valence-corrected chi connectivity index (χ1v) is 7.45. The van der Waals surface area contributed by atoms with Gasteiger partial charge in [0, 0.05) is 18.0 Å². The molecule has 6 heteroatoms. The molecule has 18 heavy (non-hydrogen) atoms. The van der Waals surface area contributed by atoms with E-state index < -0.39 is 0 Å². The Morgan fingerprint density at radius 1 is 1.28 bits per heavy atom. The Bertz CT molecular complexity index is 375. The first-order chi connectivity index (χ1) is 8.47. The van der Waals surface area contributed by atoms with Gasteiger partial charge < -0.3 is 10.7 Å². The van der Waals surface area contributed by atoms with Crippen LogP contribution in [0.1, 0.15) is 33.0 Å². The molecular weight excluding hydrogens is 246 g/mol. The number of hydrogen-bond donors (Lipinski definition) is 3. The minimum Gasteiger partial charge on any atom is -0.370 e. The Kier molecular flexibility index (Phi) is 5.68. The zero-order valence-corrected chi connectivity index (χ0v) is 12.4. The van der Waals surface area contributed by atoms with Crippen molar-refractivity contribution >= 4 is 23.4 Å². The summed E-state index contributed by atoms with van der Waals surface area (Å²) >= 11 is 1.85. The van der Waals surface area contributed by atoms with Crippen LogP contribution in [0.3, 0.4) is 0 Å². The van der Waals surface area contributed by atoms with Crippen molar-refractivity contribution in [2.75, 3.05) is 29.3 Å². The van der Waals surface area contributed by atoms with Crippen molar-refractivity contribution in [3.05, 3.63) is 11.9 Å². The second-order valence-electron chi connectivity index (χ2n) is 5.13. The van der Waals surface area contributed by atoms with Crippen molar-refractivity contribution < 1.29 is 0 Å². The number of thioether (sulfide) groups is 1. The van der Waals surface area contributed by atoms with Crippen LogP contribution in [-0.4, -0.2) is 28.5 Å². The van der Waals surface area contributed by atoms with E-state index in [1.165, 1.54) is 0 Å². The molecule has 0 saturated heterocycles. The smallest absolute Gasteiger partial charge is 0.145 e. The van der Waals surface area contributed by atoms with Gasteiger partial charge in [0.05, 0.1) is 0 Å². The van der Waals surface area contributed by atoms with Gasteiger partial charge in [-0.2, -0.15) is 11.8 Å². The summed E-state index contributed by atoms with van der Waals surface area (Å²) in [6, 6.07) is 1.83. The Balaban J connectivity index is 2.78. The van der Waals surface area contributed by atoms with Crippen molar-refractivity contribution in [3.8, 4) is 0 Å². The Morgan fingerprint density at radius 2 is 1.94 bits per heavy atom. The van der Waals surface area contributed by atoms with Gasteiger partial charge >= 0.3 is 0 Å². The summed E-state index contributed by atoms with van der Waals surface area (Å²) in [7, 11) is 0. The van der Waals surface area contributed by atoms with E-state index in [-0.39, 0.29) is 5.41 Å². The highest BCUT2D eigenvalue weighted by atomic mass is 32.2. The quantitative estimate of drug-likeness (QED) is 0.418. The van der Waals surface area contributed by atoms with Crippen LogP contribution in [0.15, 0.2) is 6.07 Å². The lowest BCUT2D eigenvalue weighted by Gasteiger charge is -2.18. The molecule has 0 aliphatic carbocycles. The van der Waals surface area contributed by atoms with Crippen molar-refractivity contribution in [1.29, 1.82) is 0 Å². The summed E-state index contributed by atoms with van der Waals surface area (Å²) in [4.78, 5) is 8.90. The van der Waals surface area contributed by atoms with Gasteiger partial charge in [-0.15, -0.1) is 0 Å². The van der Waals surface area contributed by atoms with Crippen LogP contribution < -0.4 is 16.6 Å². The predicted molar refractivity (Wildman–Crippen MR) is 80.0 cm³/mol. The molecule has 0 atom stereocenters. The maximum absolute atomic E-state index is 5.44. The fourth-order valence-electron chi connectivity index (χ4n) is 1.38. The summed E-state index contributed by atoms with van der Waals surface area (Å²) in [6.45, 7) is 7.16. The Hall–Kier alpha value is -1.01. The number of nitrogens with zero attached hydrogens (tertiary/aromatic N) is 2. The molecule has 0 aromatic carbocycles. The number of hydrogen-bond acceptors (Lipinski definition) is 6. The van der Waals surface area contributed by atoms with Crippen LogP contribution in [0.2, 0.25) is 0 Å². The molecule has 4 N–H and O–H groups in total. The van der Waals surface area contributed by atoms with E-state index in [1.807, 2.05) is 17.8 Å². The number of nitrogens with one attached hydrogen (secondary N) is 2. The molecule has 1 aromatic heterocycles. The average Bonchev–Trinajstić information content (AvgIpc) is 2.33. The van der Waals surface area contributed by atoms with E-state index in [9.17, 15) is 0 Å². The summed E-state index contributed by atoms with van der Waals surface area (Å²) < 4.78 is 0. The van der Waals surface area contributed by atoms with Gasteiger partial charge in [-0.05, 0) is 18.4 Å². The van der Waals surface area contributed by atoms with Crippen LogP contribution in [0.4, 0.5) is 11.6 Å². The molecule has 5 nitrogen and oxygen atoms in total. The second-order valence-corrected chi connectivity index (χ2v) is 6.12. The van der Waals surface area contributed by atoms with Crippen LogP contribution in [0.5, 0.6) is 0 Å². The molecule has 0 aliphatic rings. The van der Waals surface area contributed by atoms with E-state index in [1.54, 1.807) is 0 Å². The van der Waals surface area contributed by atoms with Gasteiger partial charge in [0.15, 0.2) is 0 Å². The number of anilines is 2. The minimum absolute atomic E-state index is 0.0947. The zero-order chi connectivity index (χ0) is 13.6. The first kappa shape index (κ1) is 15.0. The summed E-state index contributed by atoms with van der Waals surface area (Å²) in [5, 5.41) is 3.31. The third-order valence-corrected chi connectivity index (χ3v) is 3.07. The molecule has 0 saturated carbocycles. The highest BCUT2D eigenvalue weighted by Gasteiger charge is 2.18. The summed E-state index contributed by atoms with van der Waals surface area (Å²) in [5.41, 5.74) is 2.49. The van der Waals surface area contributed by atoms with Crippen LogP contribution >= 0.6 is 11.8 Å². The highest BCUT2D eigenvalue weighted by molar-refractivity contribution is 7.98. The van der Waals surface area contributed by atoms with E-state index >= 15 is 0 Å². The van der Waals surface area contributed by atoms with Gasteiger partial charge in [0.2, 0.25) is 0 Å². The fraction of sp³-hybridized carbons (Fsp3) is 0.667. The summed E-state index contributed by atoms with van der Waals surface area (Å²) in [6.07, 6.45) is 3.22. The second kappa shape index (κ2) is 6.80. The molecule has 0 fully saturated rings. The highest BCUT2D eigenvalue weighted by Crippen LogP contribution is 2.21. The standard InChI is InChI=1S/C12H23N5S/c1-12(2,3)11-15-9(8-10(16-11)17-13)14-6-5-7-18-4/h8H,5-7,13H2,1-4H3,(H2,14,15,16,17). The molecule has 0 spiro atoms. The Morgan fingerprint density at radius 3 is 2.50 bits per heavy atom. The van der Waals surface area contributed by atoms with Gasteiger partial charge in [-0.25, -0.2) is 15.8 Å². The number of aromatic nitrogens is 2. The van der Waals surface area contributed by atoms with E-state index in [0.29, 0.717) is 5.82 Å². The number of nitrogen functional groups attached to an aromatic ring is 1. The monoisotopic (exact) mass is 269 g/mol. The average molecular weight is 269 g/mol. The SMILES string of the molecule is CSCCCNc1cc(NN)nc(C(C)(C)C)n1. The lowest BCUT2D eigenvalue weighted by molar-refractivity contribution is 0.546. The maximum Gasteiger partial charge on any atom is 0.145 e. The summed E-state index contributed by atoms with van der Waals surface area (Å²) in [5.74, 6) is 8.83. The lowest BCUT2D eigenvalue weighted by Crippen LogP contribution is -2.20. The van der Waals surface area contributed by atoms with E-state index in [0.717, 1.165) is 30.4 Å². The van der Waals surface area contributed by atoms with Gasteiger partial charge in [-0.1, -0.05) is 20.8 Å². The largest absolute Gasteiger partial charge is 0.370 e. The zero-order valence-electron chi connectivity index (χ0n) is 11.6. The van der Waals surface area contributed by atoms with Crippen LogP contribution in [0.25, 0.3) is 0 Å². The van der Waals surface area contributed by atoms with Crippen molar-refractivity contribution in [1.82, 2.24) is 9.97 Å². The molecule has 0 unspecified atom stereocenters. The normalized spacial score (nSPS) is 11.4. The number of hydrazine groups is 1. The van der Waals surface area contributed by atoms with Crippen molar-refractivity contribution in [2.45, 2.75) is 32.6 Å². The minimum atomic E-state index is -0.0947. The third kappa shape index (κ3) is 4.70. The molecule has 1 aromatic rings. The van der Waals surface area contributed by atoms with Gasteiger partial charge in [0.1, 0.15) is 17.5 Å². The van der Waals surface area contributed by atoms with Crippen LogP contribution in [0, 0.1) is 0 Å². The fourth-order valence-corrected chi connectivity index (χ4v) is 1.81. The molecule has 1 rings (SSSR count). The molecule has 0 radical (unpaired) electrons. The molecule has 102 valence electrons. The maximum atomic E-state index is 5.44. The van der Waals surface area contributed by atoms with Gasteiger partial charge in [0.25, 0.3) is 0 Å². The van der Waals surface area contributed by atoms with Crippen molar-refractivity contribution in [3.63, 3.8) is 0 Å².